The average molecular weight is 601 g/mol. The van der Waals surface area contributed by atoms with Gasteiger partial charge < -0.3 is 8.37 Å². The third-order valence-electron chi connectivity index (χ3n) is 6.20. The van der Waals surface area contributed by atoms with Crippen LogP contribution in [0.1, 0.15) is 91.4 Å². The fraction of sp³-hybridized carbons (Fsp3) is 0.783. The number of carbonyl (C=O) groups is 1. The Kier molecular flexibility index (Phi) is 12.7. The molecule has 0 aliphatic heterocycles. The number of rotatable bonds is 4. The average Bonchev–Trinajstić information content (AvgIpc) is 2.78. The Labute approximate surface area is 219 Å². The van der Waals surface area contributed by atoms with Crippen LogP contribution in [0, 0.1) is 11.8 Å². The highest BCUT2D eigenvalue weighted by Gasteiger charge is 2.50. The predicted octanol–water partition coefficient (Wildman–Crippen LogP) is 7.02. The van der Waals surface area contributed by atoms with Gasteiger partial charge >= 0.3 is 31.3 Å². The summed E-state index contributed by atoms with van der Waals surface area (Å²) in [6.45, 7) is 5.25. The second-order valence-corrected chi connectivity index (χ2v) is 12.5. The molecule has 0 saturated heterocycles. The molecule has 0 aromatic rings. The van der Waals surface area contributed by atoms with Gasteiger partial charge in [-0.25, -0.2) is 0 Å². The molecule has 0 amide bonds. The summed E-state index contributed by atoms with van der Waals surface area (Å²) in [5.74, 6) is 0.396. The van der Waals surface area contributed by atoms with E-state index >= 15 is 0 Å². The van der Waals surface area contributed by atoms with E-state index in [0.717, 1.165) is 32.1 Å². The molecule has 2 unspecified atom stereocenters. The first-order valence-corrected chi connectivity index (χ1v) is 15.0. The van der Waals surface area contributed by atoms with Crippen LogP contribution in [-0.4, -0.2) is 33.6 Å². The molecule has 0 aromatic carbocycles. The summed E-state index contributed by atoms with van der Waals surface area (Å²) in [4.78, 5) is 10.8. The van der Waals surface area contributed by atoms with Gasteiger partial charge in [-0.1, -0.05) is 20.3 Å². The number of Topliss-reactive ketones (excluding diaryl/α,β-unsaturated/α-hetero) is 1. The summed E-state index contributed by atoms with van der Waals surface area (Å²) in [6.07, 6.45) is 10.1. The highest BCUT2D eigenvalue weighted by atomic mass is 32.2. The van der Waals surface area contributed by atoms with Crippen LogP contribution in [0.15, 0.2) is 23.2 Å². The van der Waals surface area contributed by atoms with Crippen LogP contribution in [0.5, 0.6) is 0 Å². The van der Waals surface area contributed by atoms with Gasteiger partial charge in [-0.15, -0.1) is 0 Å². The van der Waals surface area contributed by atoms with E-state index < -0.39 is 31.3 Å². The first-order chi connectivity index (χ1) is 17.3. The van der Waals surface area contributed by atoms with Crippen molar-refractivity contribution in [2.24, 2.45) is 11.8 Å². The van der Waals surface area contributed by atoms with Gasteiger partial charge in [-0.2, -0.15) is 43.2 Å². The summed E-state index contributed by atoms with van der Waals surface area (Å²) in [5.41, 5.74) is -10.1. The lowest BCUT2D eigenvalue weighted by molar-refractivity contribution is -0.123. The lowest BCUT2D eigenvalue weighted by Crippen LogP contribution is -2.27. The van der Waals surface area contributed by atoms with E-state index in [1.54, 1.807) is 13.8 Å². The molecule has 0 N–H and O–H groups in total. The number of hydrogen-bond acceptors (Lipinski definition) is 7. The number of halogens is 6. The number of carbonyl (C=O) groups excluding carboxylic acids is 1. The van der Waals surface area contributed by atoms with Crippen LogP contribution in [0.25, 0.3) is 0 Å². The molecular formula is C23H34F6O7S2. The van der Waals surface area contributed by atoms with E-state index in [0.29, 0.717) is 43.0 Å². The molecule has 222 valence electrons. The number of allylic oxidation sites excluding steroid dienone is 4. The number of alkyl halides is 6. The van der Waals surface area contributed by atoms with E-state index in [-0.39, 0.29) is 23.9 Å². The van der Waals surface area contributed by atoms with Gasteiger partial charge in [0.05, 0.1) is 0 Å². The van der Waals surface area contributed by atoms with Crippen molar-refractivity contribution in [2.45, 2.75) is 102 Å². The quantitative estimate of drug-likeness (QED) is 0.194. The largest absolute Gasteiger partial charge is 0.534 e. The summed E-state index contributed by atoms with van der Waals surface area (Å²) in [6, 6.07) is 0. The molecule has 3 aliphatic rings. The highest BCUT2D eigenvalue weighted by molar-refractivity contribution is 7.88. The Morgan fingerprint density at radius 2 is 1.24 bits per heavy atom. The summed E-state index contributed by atoms with van der Waals surface area (Å²) in [7, 11) is -11.0. The Bertz CT molecular complexity index is 1070. The van der Waals surface area contributed by atoms with E-state index in [1.165, 1.54) is 12.5 Å². The SMILES string of the molecule is CC1=C(OS(=O)(=O)C(F)(F)F)CCCC1.CC1CCCC=C1OS(=O)(=O)C(F)(F)F.CC1CCCCC1=O. The Morgan fingerprint density at radius 1 is 0.737 bits per heavy atom. The molecule has 15 heteroatoms. The number of hydrogen-bond donors (Lipinski definition) is 0. The Hall–Kier alpha value is -1.77. The van der Waals surface area contributed by atoms with E-state index in [4.69, 9.17) is 0 Å². The van der Waals surface area contributed by atoms with Crippen molar-refractivity contribution in [3.63, 3.8) is 0 Å². The molecule has 38 heavy (non-hydrogen) atoms. The molecule has 1 saturated carbocycles. The molecule has 3 rings (SSSR count). The van der Waals surface area contributed by atoms with E-state index in [2.05, 4.69) is 8.37 Å². The lowest BCUT2D eigenvalue weighted by Gasteiger charge is -2.20. The van der Waals surface area contributed by atoms with Crippen molar-refractivity contribution in [1.82, 2.24) is 0 Å². The lowest BCUT2D eigenvalue weighted by atomic mass is 9.90. The van der Waals surface area contributed by atoms with E-state index in [9.17, 15) is 48.0 Å². The van der Waals surface area contributed by atoms with Gasteiger partial charge in [-0.05, 0) is 69.9 Å². The molecule has 0 radical (unpaired) electrons. The summed E-state index contributed by atoms with van der Waals surface area (Å²) >= 11 is 0. The van der Waals surface area contributed by atoms with E-state index in [1.807, 2.05) is 6.92 Å². The molecule has 0 spiro atoms. The Morgan fingerprint density at radius 3 is 1.68 bits per heavy atom. The third-order valence-corrected chi connectivity index (χ3v) is 8.16. The van der Waals surface area contributed by atoms with Crippen molar-refractivity contribution in [3.05, 3.63) is 23.2 Å². The van der Waals surface area contributed by atoms with Crippen molar-refractivity contribution in [3.8, 4) is 0 Å². The van der Waals surface area contributed by atoms with Crippen LogP contribution in [-0.2, 0) is 33.4 Å². The van der Waals surface area contributed by atoms with Gasteiger partial charge in [0, 0.05) is 24.7 Å². The minimum atomic E-state index is -5.50. The third kappa shape index (κ3) is 10.8. The number of ketones is 1. The van der Waals surface area contributed by atoms with Gasteiger partial charge in [0.25, 0.3) is 0 Å². The van der Waals surface area contributed by atoms with Crippen LogP contribution in [0.3, 0.4) is 0 Å². The van der Waals surface area contributed by atoms with Crippen LogP contribution < -0.4 is 0 Å². The zero-order valence-electron chi connectivity index (χ0n) is 21.5. The molecular weight excluding hydrogens is 566 g/mol. The molecule has 0 bridgehead atoms. The Balaban J connectivity index is 0.000000298. The van der Waals surface area contributed by atoms with Crippen molar-refractivity contribution >= 4 is 26.0 Å². The van der Waals surface area contributed by atoms with Gasteiger partial charge in [0.1, 0.15) is 17.3 Å². The minimum Gasteiger partial charge on any atom is -0.381 e. The minimum absolute atomic E-state index is 0.0569. The van der Waals surface area contributed by atoms with Crippen LogP contribution in [0.2, 0.25) is 0 Å². The maximum Gasteiger partial charge on any atom is 0.534 e. The maximum atomic E-state index is 12.0. The second kappa shape index (κ2) is 14.0. The van der Waals surface area contributed by atoms with Crippen molar-refractivity contribution in [1.29, 1.82) is 0 Å². The zero-order valence-corrected chi connectivity index (χ0v) is 23.1. The van der Waals surface area contributed by atoms with Crippen molar-refractivity contribution in [2.75, 3.05) is 0 Å². The molecule has 0 heterocycles. The monoisotopic (exact) mass is 600 g/mol. The normalized spacial score (nSPS) is 23.3. The second-order valence-electron chi connectivity index (χ2n) is 9.43. The molecule has 7 nitrogen and oxygen atoms in total. The maximum absolute atomic E-state index is 12.0. The highest BCUT2D eigenvalue weighted by Crippen LogP contribution is 2.33. The van der Waals surface area contributed by atoms with Gasteiger partial charge in [0.2, 0.25) is 0 Å². The van der Waals surface area contributed by atoms with Crippen molar-refractivity contribution < 1.29 is 56.3 Å². The van der Waals surface area contributed by atoms with Gasteiger partial charge in [0.15, 0.2) is 0 Å². The fourth-order valence-electron chi connectivity index (χ4n) is 3.78. The standard InChI is InChI=1S/2C8H11F3O3S.C7H12O/c2*1-6-4-2-3-5-7(6)14-15(12,13)8(9,10)11;1-6-4-2-3-5-7(6)8/h2-5H2,1H3;5-6H,2-4H2,1H3;6H,2-5H2,1H3. The van der Waals surface area contributed by atoms with Gasteiger partial charge in [-0.3, -0.25) is 4.79 Å². The molecule has 3 aliphatic carbocycles. The summed E-state index contributed by atoms with van der Waals surface area (Å²) < 4.78 is 123. The smallest absolute Gasteiger partial charge is 0.381 e. The predicted molar refractivity (Wildman–Crippen MR) is 127 cm³/mol. The molecule has 2 atom stereocenters. The molecule has 0 aromatic heterocycles. The van der Waals surface area contributed by atoms with Crippen LogP contribution in [0.4, 0.5) is 26.3 Å². The topological polar surface area (TPSA) is 104 Å². The van der Waals surface area contributed by atoms with Crippen LogP contribution >= 0.6 is 0 Å². The fourth-order valence-corrected chi connectivity index (χ4v) is 4.95. The summed E-state index contributed by atoms with van der Waals surface area (Å²) in [5, 5.41) is 0. The first-order valence-electron chi connectivity index (χ1n) is 12.2. The molecule has 1 fully saturated rings. The first kappa shape index (κ1) is 34.3. The zero-order chi connectivity index (χ0) is 29.4.